The van der Waals surface area contributed by atoms with Crippen LogP contribution in [0.4, 0.5) is 0 Å². The monoisotopic (exact) mass is 394 g/mol. The van der Waals surface area contributed by atoms with Gasteiger partial charge in [-0.1, -0.05) is 0 Å². The maximum atomic E-state index is 5.75. The summed E-state index contributed by atoms with van der Waals surface area (Å²) in [5.41, 5.74) is 1.51. The van der Waals surface area contributed by atoms with E-state index in [-0.39, 0.29) is 0 Å². The Hall–Kier alpha value is -1.15. The molecule has 2 aliphatic heterocycles. The van der Waals surface area contributed by atoms with Gasteiger partial charge in [0.05, 0.1) is 13.2 Å². The molecule has 0 amide bonds. The molecule has 2 aliphatic rings. The molecule has 1 aromatic rings. The molecule has 27 heavy (non-hydrogen) atoms. The van der Waals surface area contributed by atoms with Crippen LogP contribution in [0.15, 0.2) is 16.4 Å². The van der Waals surface area contributed by atoms with Gasteiger partial charge in [0, 0.05) is 63.3 Å². The molecule has 0 radical (unpaired) electrons. The van der Waals surface area contributed by atoms with Crippen LogP contribution in [0.25, 0.3) is 0 Å². The standard InChI is InChI=1S/C20H34N4O2S/c1-2-21-20(22-7-3-11-25-15-17-5-12-26-16-17)23-8-10-24-9-4-19-18(14-24)6-13-27-19/h6,13,17H,2-5,7-12,14-16H2,1H3,(H2,21,22,23). The van der Waals surface area contributed by atoms with Crippen molar-refractivity contribution >= 4 is 17.3 Å². The fourth-order valence-electron chi connectivity index (χ4n) is 3.49. The molecular weight excluding hydrogens is 360 g/mol. The average molecular weight is 395 g/mol. The SMILES string of the molecule is CCNC(=NCCCOCC1CCOC1)NCCN1CCc2sccc2C1. The lowest BCUT2D eigenvalue weighted by Gasteiger charge is -2.27. The first-order chi connectivity index (χ1) is 13.3. The van der Waals surface area contributed by atoms with Crippen molar-refractivity contribution in [2.75, 3.05) is 59.2 Å². The molecule has 0 spiro atoms. The van der Waals surface area contributed by atoms with Crippen LogP contribution >= 0.6 is 11.3 Å². The summed E-state index contributed by atoms with van der Waals surface area (Å²) in [4.78, 5) is 8.75. The molecule has 1 fully saturated rings. The van der Waals surface area contributed by atoms with Crippen molar-refractivity contribution < 1.29 is 9.47 Å². The van der Waals surface area contributed by atoms with Gasteiger partial charge in [-0.25, -0.2) is 0 Å². The van der Waals surface area contributed by atoms with Gasteiger partial charge in [-0.15, -0.1) is 11.3 Å². The lowest BCUT2D eigenvalue weighted by molar-refractivity contribution is 0.0893. The van der Waals surface area contributed by atoms with Gasteiger partial charge in [-0.3, -0.25) is 9.89 Å². The molecule has 1 aromatic heterocycles. The van der Waals surface area contributed by atoms with Crippen LogP contribution < -0.4 is 10.6 Å². The number of aliphatic imine (C=N–C) groups is 1. The normalized spacial score (nSPS) is 20.6. The van der Waals surface area contributed by atoms with Crippen molar-refractivity contribution in [3.63, 3.8) is 0 Å². The lowest BCUT2D eigenvalue weighted by atomic mass is 10.1. The summed E-state index contributed by atoms with van der Waals surface area (Å²) in [5.74, 6) is 1.50. The second kappa shape index (κ2) is 11.6. The first-order valence-electron chi connectivity index (χ1n) is 10.3. The van der Waals surface area contributed by atoms with Crippen molar-refractivity contribution in [1.82, 2.24) is 15.5 Å². The molecule has 0 saturated carbocycles. The van der Waals surface area contributed by atoms with Gasteiger partial charge in [-0.05, 0) is 43.2 Å². The Morgan fingerprint density at radius 3 is 3.26 bits per heavy atom. The first-order valence-corrected chi connectivity index (χ1v) is 11.2. The average Bonchev–Trinajstić information content (AvgIpc) is 3.35. The van der Waals surface area contributed by atoms with Crippen molar-refractivity contribution in [3.8, 4) is 0 Å². The van der Waals surface area contributed by atoms with Crippen molar-refractivity contribution in [1.29, 1.82) is 0 Å². The Bertz CT molecular complexity index is 572. The van der Waals surface area contributed by atoms with Gasteiger partial charge in [0.25, 0.3) is 0 Å². The summed E-state index contributed by atoms with van der Waals surface area (Å²) < 4.78 is 11.1. The maximum absolute atomic E-state index is 5.75. The van der Waals surface area contributed by atoms with Crippen molar-refractivity contribution in [3.05, 3.63) is 21.9 Å². The highest BCUT2D eigenvalue weighted by Crippen LogP contribution is 2.23. The number of thiophene rings is 1. The van der Waals surface area contributed by atoms with Crippen LogP contribution in [0.2, 0.25) is 0 Å². The summed E-state index contributed by atoms with van der Waals surface area (Å²) in [5, 5.41) is 9.01. The number of ether oxygens (including phenoxy) is 2. The van der Waals surface area contributed by atoms with Crippen LogP contribution in [-0.2, 0) is 22.4 Å². The Morgan fingerprint density at radius 2 is 2.41 bits per heavy atom. The largest absolute Gasteiger partial charge is 0.381 e. The van der Waals surface area contributed by atoms with E-state index in [1.54, 1.807) is 4.88 Å². The molecule has 1 unspecified atom stereocenters. The summed E-state index contributed by atoms with van der Waals surface area (Å²) in [6.45, 7) is 11.3. The van der Waals surface area contributed by atoms with Gasteiger partial charge in [0.15, 0.2) is 5.96 Å². The highest BCUT2D eigenvalue weighted by atomic mass is 32.1. The Labute approximate surface area is 167 Å². The van der Waals surface area contributed by atoms with Gasteiger partial charge in [0.1, 0.15) is 0 Å². The zero-order chi connectivity index (χ0) is 18.7. The lowest BCUT2D eigenvalue weighted by Crippen LogP contribution is -2.42. The van der Waals surface area contributed by atoms with E-state index in [1.165, 1.54) is 12.0 Å². The molecule has 3 heterocycles. The predicted molar refractivity (Wildman–Crippen MR) is 112 cm³/mol. The second-order valence-electron chi connectivity index (χ2n) is 7.24. The quantitative estimate of drug-likeness (QED) is 0.362. The minimum atomic E-state index is 0.590. The fourth-order valence-corrected chi connectivity index (χ4v) is 4.38. The summed E-state index contributed by atoms with van der Waals surface area (Å²) in [6, 6.07) is 2.27. The Balaban J connectivity index is 1.28. The minimum absolute atomic E-state index is 0.590. The van der Waals surface area contributed by atoms with Crippen LogP contribution in [-0.4, -0.2) is 70.0 Å². The third kappa shape index (κ3) is 7.07. The number of hydrogen-bond donors (Lipinski definition) is 2. The molecule has 0 bridgehead atoms. The highest BCUT2D eigenvalue weighted by Gasteiger charge is 2.17. The van der Waals surface area contributed by atoms with Crippen LogP contribution in [0, 0.1) is 5.92 Å². The third-order valence-corrected chi connectivity index (χ3v) is 6.07. The predicted octanol–water partition coefficient (Wildman–Crippen LogP) is 2.10. The van der Waals surface area contributed by atoms with Gasteiger partial charge in [-0.2, -0.15) is 0 Å². The van der Waals surface area contributed by atoms with E-state index in [4.69, 9.17) is 9.47 Å². The van der Waals surface area contributed by atoms with Crippen LogP contribution in [0.1, 0.15) is 30.2 Å². The zero-order valence-electron chi connectivity index (χ0n) is 16.5. The second-order valence-corrected chi connectivity index (χ2v) is 8.24. The molecule has 0 aromatic carbocycles. The molecule has 3 rings (SSSR count). The highest BCUT2D eigenvalue weighted by molar-refractivity contribution is 7.10. The zero-order valence-corrected chi connectivity index (χ0v) is 17.4. The number of hydrogen-bond acceptors (Lipinski definition) is 5. The third-order valence-electron chi connectivity index (χ3n) is 5.05. The van der Waals surface area contributed by atoms with Gasteiger partial charge in [0.2, 0.25) is 0 Å². The van der Waals surface area contributed by atoms with E-state index in [0.29, 0.717) is 5.92 Å². The topological polar surface area (TPSA) is 58.1 Å². The minimum Gasteiger partial charge on any atom is -0.381 e. The van der Waals surface area contributed by atoms with E-state index in [9.17, 15) is 0 Å². The van der Waals surface area contributed by atoms with Crippen LogP contribution in [0.5, 0.6) is 0 Å². The first kappa shape index (κ1) is 20.6. The number of rotatable bonds is 10. The van der Waals surface area contributed by atoms with Crippen LogP contribution in [0.3, 0.4) is 0 Å². The van der Waals surface area contributed by atoms with E-state index < -0.39 is 0 Å². The molecular formula is C20H34N4O2S. The molecule has 1 atom stereocenters. The van der Waals surface area contributed by atoms with E-state index in [1.807, 2.05) is 11.3 Å². The fraction of sp³-hybridized carbons (Fsp3) is 0.750. The van der Waals surface area contributed by atoms with E-state index >= 15 is 0 Å². The maximum Gasteiger partial charge on any atom is 0.191 e. The Morgan fingerprint density at radius 1 is 1.44 bits per heavy atom. The molecule has 152 valence electrons. The summed E-state index contributed by atoms with van der Waals surface area (Å²) >= 11 is 1.90. The van der Waals surface area contributed by atoms with Gasteiger partial charge < -0.3 is 20.1 Å². The Kier molecular flexibility index (Phi) is 8.87. The smallest absolute Gasteiger partial charge is 0.191 e. The molecule has 6 nitrogen and oxygen atoms in total. The van der Waals surface area contributed by atoms with Crippen molar-refractivity contribution in [2.45, 2.75) is 32.7 Å². The number of fused-ring (bicyclic) bond motifs is 1. The molecule has 7 heteroatoms. The molecule has 1 saturated heterocycles. The number of guanidine groups is 1. The van der Waals surface area contributed by atoms with Crippen molar-refractivity contribution in [2.24, 2.45) is 10.9 Å². The molecule has 2 N–H and O–H groups in total. The van der Waals surface area contributed by atoms with E-state index in [0.717, 1.165) is 84.5 Å². The summed E-state index contributed by atoms with van der Waals surface area (Å²) in [6.07, 6.45) is 3.28. The number of nitrogens with zero attached hydrogens (tertiary/aromatic N) is 2. The van der Waals surface area contributed by atoms with Gasteiger partial charge >= 0.3 is 0 Å². The number of nitrogens with one attached hydrogen (secondary N) is 2. The van der Waals surface area contributed by atoms with E-state index in [2.05, 4.69) is 38.9 Å². The summed E-state index contributed by atoms with van der Waals surface area (Å²) in [7, 11) is 0. The molecule has 0 aliphatic carbocycles.